The van der Waals surface area contributed by atoms with Gasteiger partial charge in [0.25, 0.3) is 0 Å². The van der Waals surface area contributed by atoms with Crippen LogP contribution in [0.3, 0.4) is 0 Å². The second-order valence-electron chi connectivity index (χ2n) is 10.7. The average molecular weight is 567 g/mol. The lowest BCUT2D eigenvalue weighted by Gasteiger charge is -2.33. The van der Waals surface area contributed by atoms with E-state index in [-0.39, 0.29) is 0 Å². The second kappa shape index (κ2) is 12.5. The average Bonchev–Trinajstić information content (AvgIpc) is 2.90. The summed E-state index contributed by atoms with van der Waals surface area (Å²) >= 11 is 0. The summed E-state index contributed by atoms with van der Waals surface area (Å²) in [7, 11) is 0. The minimum atomic E-state index is -6.91. The Kier molecular flexibility index (Phi) is 10.1. The van der Waals surface area contributed by atoms with Gasteiger partial charge in [-0.2, -0.15) is 39.5 Å². The number of hydrogen-bond acceptors (Lipinski definition) is 0. The molecule has 0 heterocycles. The first-order valence-electron chi connectivity index (χ1n) is 13.6. The molecule has 0 spiro atoms. The number of unbranched alkanes of at least 4 members (excludes halogenated alkanes) is 5. The van der Waals surface area contributed by atoms with E-state index in [1.165, 1.54) is 57.8 Å². The predicted molar refractivity (Wildman–Crippen MR) is 134 cm³/mol. The van der Waals surface area contributed by atoms with Crippen molar-refractivity contribution < 1.29 is 39.5 Å². The highest BCUT2D eigenvalue weighted by molar-refractivity contribution is 5.64. The minimum Gasteiger partial charge on any atom is -0.194 e. The Bertz CT molecular complexity index is 1020. The Morgan fingerprint density at radius 1 is 0.590 bits per heavy atom. The molecule has 0 nitrogen and oxygen atoms in total. The molecule has 0 amide bonds. The van der Waals surface area contributed by atoms with E-state index in [1.54, 1.807) is 12.1 Å². The van der Waals surface area contributed by atoms with Crippen molar-refractivity contribution in [2.24, 2.45) is 5.92 Å². The molecule has 0 unspecified atom stereocenters. The quantitative estimate of drug-likeness (QED) is 0.177. The maximum atomic E-state index is 14.2. The van der Waals surface area contributed by atoms with Gasteiger partial charge in [-0.3, -0.25) is 0 Å². The zero-order valence-corrected chi connectivity index (χ0v) is 22.0. The van der Waals surface area contributed by atoms with Gasteiger partial charge in [-0.05, 0) is 54.2 Å². The lowest BCUT2D eigenvalue weighted by Crippen LogP contribution is -2.59. The summed E-state index contributed by atoms with van der Waals surface area (Å²) in [5.74, 6) is -18.2. The van der Waals surface area contributed by atoms with Crippen molar-refractivity contribution in [1.29, 1.82) is 0 Å². The molecule has 3 rings (SSSR count). The van der Waals surface area contributed by atoms with Crippen molar-refractivity contribution in [3.8, 4) is 11.1 Å². The highest BCUT2D eigenvalue weighted by atomic mass is 19.4. The molecule has 0 radical (unpaired) electrons. The van der Waals surface area contributed by atoms with E-state index >= 15 is 0 Å². The number of alkyl halides is 9. The van der Waals surface area contributed by atoms with E-state index in [0.717, 1.165) is 36.5 Å². The highest BCUT2D eigenvalue weighted by Gasteiger charge is 2.82. The zero-order chi connectivity index (χ0) is 28.9. The first-order chi connectivity index (χ1) is 18.2. The van der Waals surface area contributed by atoms with Crippen LogP contribution in [-0.2, 0) is 5.92 Å². The number of halogens is 9. The third-order valence-electron chi connectivity index (χ3n) is 7.92. The summed E-state index contributed by atoms with van der Waals surface area (Å²) in [6.07, 6.45) is 6.69. The van der Waals surface area contributed by atoms with Crippen LogP contribution in [0.1, 0.15) is 94.6 Å². The standard InChI is InChI=1S/C30H35F9/c1-2-3-4-5-6-7-8-21-9-11-22(12-10-21)23-13-15-24(16-14-23)25-17-19-26(20-18-25)27(31,32)28(33,34)29(35,36)30(37,38)39/h13-22H,2-12H2,1H3. The molecule has 2 aromatic rings. The molecule has 1 fully saturated rings. The maximum Gasteiger partial charge on any atom is 0.460 e. The largest absolute Gasteiger partial charge is 0.460 e. The summed E-state index contributed by atoms with van der Waals surface area (Å²) in [5.41, 5.74) is 0.441. The van der Waals surface area contributed by atoms with Crippen molar-refractivity contribution in [2.75, 3.05) is 0 Å². The molecular weight excluding hydrogens is 531 g/mol. The molecule has 0 saturated heterocycles. The van der Waals surface area contributed by atoms with Crippen molar-refractivity contribution in [2.45, 2.75) is 107 Å². The van der Waals surface area contributed by atoms with Gasteiger partial charge in [-0.25, -0.2) is 0 Å². The van der Waals surface area contributed by atoms with Gasteiger partial charge >= 0.3 is 23.9 Å². The Morgan fingerprint density at radius 2 is 1.08 bits per heavy atom. The fourth-order valence-electron chi connectivity index (χ4n) is 5.37. The number of benzene rings is 2. The van der Waals surface area contributed by atoms with Gasteiger partial charge in [0.15, 0.2) is 0 Å². The van der Waals surface area contributed by atoms with Crippen molar-refractivity contribution in [3.05, 3.63) is 59.7 Å². The monoisotopic (exact) mass is 566 g/mol. The van der Waals surface area contributed by atoms with Gasteiger partial charge in [0, 0.05) is 5.56 Å². The van der Waals surface area contributed by atoms with Crippen LogP contribution >= 0.6 is 0 Å². The van der Waals surface area contributed by atoms with Crippen LogP contribution in [0.25, 0.3) is 11.1 Å². The third-order valence-corrected chi connectivity index (χ3v) is 7.92. The number of hydrogen-bond donors (Lipinski definition) is 0. The fraction of sp³-hybridized carbons (Fsp3) is 0.600. The number of rotatable bonds is 12. The summed E-state index contributed by atoms with van der Waals surface area (Å²) in [4.78, 5) is 0. The molecule has 0 N–H and O–H groups in total. The zero-order valence-electron chi connectivity index (χ0n) is 22.0. The van der Waals surface area contributed by atoms with Crippen LogP contribution in [0, 0.1) is 5.92 Å². The van der Waals surface area contributed by atoms with Crippen LogP contribution in [0.4, 0.5) is 39.5 Å². The Balaban J connectivity index is 1.59. The van der Waals surface area contributed by atoms with Crippen LogP contribution < -0.4 is 0 Å². The Labute approximate surface area is 224 Å². The summed E-state index contributed by atoms with van der Waals surface area (Å²) in [5, 5.41) is 0. The molecule has 2 aromatic carbocycles. The van der Waals surface area contributed by atoms with Gasteiger partial charge in [-0.1, -0.05) is 100 Å². The lowest BCUT2D eigenvalue weighted by atomic mass is 9.77. The SMILES string of the molecule is CCCCCCCCC1CCC(c2ccc(-c3ccc(C(F)(F)C(F)(F)C(F)(F)C(F)(F)F)cc3)cc2)CC1. The van der Waals surface area contributed by atoms with Gasteiger partial charge in [0.2, 0.25) is 0 Å². The molecule has 0 aromatic heterocycles. The Hall–Kier alpha value is -2.19. The molecule has 39 heavy (non-hydrogen) atoms. The summed E-state index contributed by atoms with van der Waals surface area (Å²) in [6.45, 7) is 2.21. The fourth-order valence-corrected chi connectivity index (χ4v) is 5.37. The van der Waals surface area contributed by atoms with Crippen LogP contribution in [0.5, 0.6) is 0 Å². The topological polar surface area (TPSA) is 0 Å². The minimum absolute atomic E-state index is 0.342. The first kappa shape index (κ1) is 31.3. The van der Waals surface area contributed by atoms with E-state index < -0.39 is 29.5 Å². The first-order valence-corrected chi connectivity index (χ1v) is 13.6. The van der Waals surface area contributed by atoms with Crippen molar-refractivity contribution in [1.82, 2.24) is 0 Å². The van der Waals surface area contributed by atoms with Gasteiger partial charge in [0.1, 0.15) is 0 Å². The molecule has 9 heteroatoms. The van der Waals surface area contributed by atoms with E-state index in [2.05, 4.69) is 6.92 Å². The second-order valence-corrected chi connectivity index (χ2v) is 10.7. The smallest absolute Gasteiger partial charge is 0.194 e. The molecule has 218 valence electrons. The normalized spacial score (nSPS) is 19.3. The molecular formula is C30H35F9. The summed E-state index contributed by atoms with van der Waals surface area (Å²) in [6, 6.07) is 10.3. The molecule has 0 bridgehead atoms. The molecule has 1 aliphatic rings. The third kappa shape index (κ3) is 6.94. The molecule has 1 saturated carbocycles. The van der Waals surface area contributed by atoms with Crippen LogP contribution in [-0.4, -0.2) is 18.0 Å². The van der Waals surface area contributed by atoms with Gasteiger partial charge < -0.3 is 0 Å². The summed E-state index contributed by atoms with van der Waals surface area (Å²) < 4.78 is 119. The van der Waals surface area contributed by atoms with Gasteiger partial charge in [-0.15, -0.1) is 0 Å². The van der Waals surface area contributed by atoms with Crippen LogP contribution in [0.15, 0.2) is 48.5 Å². The van der Waals surface area contributed by atoms with E-state index in [9.17, 15) is 39.5 Å². The van der Waals surface area contributed by atoms with E-state index in [4.69, 9.17) is 0 Å². The van der Waals surface area contributed by atoms with E-state index in [0.29, 0.717) is 29.2 Å². The maximum absolute atomic E-state index is 14.2. The predicted octanol–water partition coefficient (Wildman–Crippen LogP) is 11.3. The molecule has 1 aliphatic carbocycles. The van der Waals surface area contributed by atoms with Crippen molar-refractivity contribution >= 4 is 0 Å². The van der Waals surface area contributed by atoms with E-state index in [1.807, 2.05) is 12.1 Å². The Morgan fingerprint density at radius 3 is 1.59 bits per heavy atom. The lowest BCUT2D eigenvalue weighted by molar-refractivity contribution is -0.399. The van der Waals surface area contributed by atoms with Crippen LogP contribution in [0.2, 0.25) is 0 Å². The molecule has 0 aliphatic heterocycles. The van der Waals surface area contributed by atoms with Gasteiger partial charge in [0.05, 0.1) is 0 Å². The van der Waals surface area contributed by atoms with Crippen molar-refractivity contribution in [3.63, 3.8) is 0 Å². The highest BCUT2D eigenvalue weighted by Crippen LogP contribution is 2.56. The molecule has 0 atom stereocenters.